The van der Waals surface area contributed by atoms with Crippen LogP contribution in [0.2, 0.25) is 0 Å². The Labute approximate surface area is 160 Å². The molecule has 0 spiro atoms. The van der Waals surface area contributed by atoms with Crippen LogP contribution in [0.4, 0.5) is 0 Å². The Balaban J connectivity index is 1.72. The van der Waals surface area contributed by atoms with Crippen molar-refractivity contribution in [1.82, 2.24) is 5.32 Å². The monoisotopic (exact) mass is 381 g/mol. The number of nitrogens with one attached hydrogen (secondary N) is 1. The van der Waals surface area contributed by atoms with E-state index in [4.69, 9.17) is 9.15 Å². The van der Waals surface area contributed by atoms with Crippen LogP contribution in [0.15, 0.2) is 63.8 Å². The van der Waals surface area contributed by atoms with Crippen molar-refractivity contribution in [2.24, 2.45) is 0 Å². The van der Waals surface area contributed by atoms with Crippen molar-refractivity contribution >= 4 is 22.8 Å². The van der Waals surface area contributed by atoms with E-state index < -0.39 is 23.5 Å². The molecule has 7 heteroatoms. The van der Waals surface area contributed by atoms with Crippen molar-refractivity contribution in [2.75, 3.05) is 6.61 Å². The third-order valence-electron chi connectivity index (χ3n) is 4.20. The summed E-state index contributed by atoms with van der Waals surface area (Å²) in [5.74, 6) is -2.09. The fourth-order valence-electron chi connectivity index (χ4n) is 2.73. The van der Waals surface area contributed by atoms with Gasteiger partial charge in [0.2, 0.25) is 0 Å². The number of amides is 1. The molecular formula is C21H19NO6. The van der Waals surface area contributed by atoms with Crippen LogP contribution in [0.1, 0.15) is 21.5 Å². The van der Waals surface area contributed by atoms with Gasteiger partial charge in [0.05, 0.1) is 13.2 Å². The molecule has 28 heavy (non-hydrogen) atoms. The van der Waals surface area contributed by atoms with Gasteiger partial charge in [0.15, 0.2) is 6.04 Å². The highest BCUT2D eigenvalue weighted by Gasteiger charge is 2.23. The number of hydrogen-bond acceptors (Lipinski definition) is 5. The molecule has 0 unspecified atom stereocenters. The van der Waals surface area contributed by atoms with Gasteiger partial charge in [-0.2, -0.15) is 0 Å². The molecule has 0 aliphatic rings. The highest BCUT2D eigenvalue weighted by atomic mass is 16.5. The molecule has 0 aliphatic carbocycles. The van der Waals surface area contributed by atoms with Crippen molar-refractivity contribution in [3.63, 3.8) is 0 Å². The van der Waals surface area contributed by atoms with Crippen LogP contribution in [0.25, 0.3) is 11.0 Å². The molecule has 0 saturated heterocycles. The number of carbonyl (C=O) groups excluding carboxylic acids is 1. The summed E-state index contributed by atoms with van der Waals surface area (Å²) in [7, 11) is 0. The van der Waals surface area contributed by atoms with Gasteiger partial charge < -0.3 is 19.6 Å². The number of fused-ring (bicyclic) bond motifs is 1. The number of rotatable bonds is 7. The standard InChI is InChI=1S/C21H19NO6/c1-13-6-5-9-15-10-16(21(26)28-18(13)15)19(23)22-17(20(24)25)12-27-11-14-7-3-2-4-8-14/h2-10,17H,11-12H2,1H3,(H,22,23)(H,24,25)/t17-/m0/s1. The van der Waals surface area contributed by atoms with Crippen LogP contribution in [-0.4, -0.2) is 29.6 Å². The molecule has 144 valence electrons. The average Bonchev–Trinajstić information content (AvgIpc) is 2.68. The normalized spacial score (nSPS) is 11.9. The molecule has 1 atom stereocenters. The lowest BCUT2D eigenvalue weighted by molar-refractivity contribution is -0.141. The molecule has 1 aromatic heterocycles. The smallest absolute Gasteiger partial charge is 0.349 e. The van der Waals surface area contributed by atoms with Crippen molar-refractivity contribution < 1.29 is 23.8 Å². The lowest BCUT2D eigenvalue weighted by Gasteiger charge is -2.15. The quantitative estimate of drug-likeness (QED) is 0.609. The fourth-order valence-corrected chi connectivity index (χ4v) is 2.73. The minimum absolute atomic E-state index is 0.206. The van der Waals surface area contributed by atoms with Gasteiger partial charge >= 0.3 is 11.6 Å². The molecule has 0 saturated carbocycles. The van der Waals surface area contributed by atoms with Gasteiger partial charge in [-0.05, 0) is 24.1 Å². The van der Waals surface area contributed by atoms with Crippen molar-refractivity contribution in [2.45, 2.75) is 19.6 Å². The van der Waals surface area contributed by atoms with E-state index in [0.717, 1.165) is 11.1 Å². The molecule has 1 amide bonds. The number of carboxylic acids is 1. The van der Waals surface area contributed by atoms with E-state index in [1.165, 1.54) is 6.07 Å². The van der Waals surface area contributed by atoms with E-state index >= 15 is 0 Å². The summed E-state index contributed by atoms with van der Waals surface area (Å²) in [4.78, 5) is 36.1. The Bertz CT molecular complexity index is 1060. The zero-order valence-corrected chi connectivity index (χ0v) is 15.2. The number of carbonyl (C=O) groups is 2. The minimum atomic E-state index is -1.30. The topological polar surface area (TPSA) is 106 Å². The van der Waals surface area contributed by atoms with E-state index in [9.17, 15) is 19.5 Å². The minimum Gasteiger partial charge on any atom is -0.480 e. The van der Waals surface area contributed by atoms with Gasteiger partial charge in [0.1, 0.15) is 11.1 Å². The van der Waals surface area contributed by atoms with Crippen LogP contribution < -0.4 is 10.9 Å². The lowest BCUT2D eigenvalue weighted by atomic mass is 10.1. The van der Waals surface area contributed by atoms with Gasteiger partial charge in [0.25, 0.3) is 5.91 Å². The summed E-state index contributed by atoms with van der Waals surface area (Å²) in [6.45, 7) is 1.75. The Kier molecular flexibility index (Phi) is 5.86. The summed E-state index contributed by atoms with van der Waals surface area (Å²) in [6.07, 6.45) is 0. The summed E-state index contributed by atoms with van der Waals surface area (Å²) < 4.78 is 10.6. The van der Waals surface area contributed by atoms with E-state index in [0.29, 0.717) is 11.0 Å². The van der Waals surface area contributed by atoms with Crippen molar-refractivity contribution in [3.05, 3.63) is 81.7 Å². The maximum Gasteiger partial charge on any atom is 0.349 e. The Morgan fingerprint density at radius 2 is 1.89 bits per heavy atom. The molecule has 0 fully saturated rings. The SMILES string of the molecule is Cc1cccc2cc(C(=O)N[C@@H](COCc3ccccc3)C(=O)O)c(=O)oc12. The Morgan fingerprint density at radius 3 is 2.61 bits per heavy atom. The molecule has 7 nitrogen and oxygen atoms in total. The predicted octanol–water partition coefficient (Wildman–Crippen LogP) is 2.50. The molecule has 0 aliphatic heterocycles. The third-order valence-corrected chi connectivity index (χ3v) is 4.20. The highest BCUT2D eigenvalue weighted by molar-refractivity contribution is 5.98. The molecular weight excluding hydrogens is 362 g/mol. The predicted molar refractivity (Wildman–Crippen MR) is 102 cm³/mol. The molecule has 3 rings (SSSR count). The van der Waals surface area contributed by atoms with E-state index in [-0.39, 0.29) is 18.8 Å². The first-order chi connectivity index (χ1) is 13.5. The van der Waals surface area contributed by atoms with Crippen LogP contribution in [0.3, 0.4) is 0 Å². The third kappa shape index (κ3) is 4.44. The van der Waals surface area contributed by atoms with Crippen molar-refractivity contribution in [3.8, 4) is 0 Å². The number of ether oxygens (including phenoxy) is 1. The molecule has 2 aromatic carbocycles. The second kappa shape index (κ2) is 8.49. The van der Waals surface area contributed by atoms with Gasteiger partial charge in [-0.25, -0.2) is 9.59 Å². The van der Waals surface area contributed by atoms with Gasteiger partial charge in [-0.15, -0.1) is 0 Å². The molecule has 2 N–H and O–H groups in total. The highest BCUT2D eigenvalue weighted by Crippen LogP contribution is 2.17. The number of hydrogen-bond donors (Lipinski definition) is 2. The summed E-state index contributed by atoms with van der Waals surface area (Å²) in [5, 5.41) is 12.2. The average molecular weight is 381 g/mol. The molecule has 0 radical (unpaired) electrons. The first-order valence-electron chi connectivity index (χ1n) is 8.64. The fraction of sp³-hybridized carbons (Fsp3) is 0.190. The number of para-hydroxylation sites is 1. The molecule has 1 heterocycles. The van der Waals surface area contributed by atoms with E-state index in [2.05, 4.69) is 5.32 Å². The zero-order chi connectivity index (χ0) is 20.1. The Hall–Kier alpha value is -3.45. The van der Waals surface area contributed by atoms with Gasteiger partial charge in [-0.3, -0.25) is 4.79 Å². The Morgan fingerprint density at radius 1 is 1.14 bits per heavy atom. The van der Waals surface area contributed by atoms with Gasteiger partial charge in [-0.1, -0.05) is 48.5 Å². The first-order valence-corrected chi connectivity index (χ1v) is 8.64. The van der Waals surface area contributed by atoms with E-state index in [1.807, 2.05) is 30.3 Å². The molecule has 0 bridgehead atoms. The number of carboxylic acid groups (broad SMARTS) is 1. The summed E-state index contributed by atoms with van der Waals surface area (Å²) in [6, 6.07) is 14.6. The van der Waals surface area contributed by atoms with Crippen LogP contribution in [-0.2, 0) is 16.1 Å². The van der Waals surface area contributed by atoms with Crippen LogP contribution >= 0.6 is 0 Å². The zero-order valence-electron chi connectivity index (χ0n) is 15.2. The largest absolute Gasteiger partial charge is 0.480 e. The van der Waals surface area contributed by atoms with Crippen LogP contribution in [0.5, 0.6) is 0 Å². The number of aliphatic carboxylic acids is 1. The lowest BCUT2D eigenvalue weighted by Crippen LogP contribution is -2.45. The second-order valence-corrected chi connectivity index (χ2v) is 6.31. The van der Waals surface area contributed by atoms with Crippen molar-refractivity contribution in [1.29, 1.82) is 0 Å². The maximum absolute atomic E-state index is 12.5. The summed E-state index contributed by atoms with van der Waals surface area (Å²) in [5.41, 5.74) is 0.953. The maximum atomic E-state index is 12.5. The summed E-state index contributed by atoms with van der Waals surface area (Å²) >= 11 is 0. The molecule has 3 aromatic rings. The first kappa shape index (κ1) is 19.3. The van der Waals surface area contributed by atoms with Crippen LogP contribution in [0, 0.1) is 6.92 Å². The number of benzene rings is 2. The second-order valence-electron chi connectivity index (χ2n) is 6.31. The number of aryl methyl sites for hydroxylation is 1. The van der Waals surface area contributed by atoms with Gasteiger partial charge in [0, 0.05) is 5.39 Å². The van der Waals surface area contributed by atoms with E-state index in [1.54, 1.807) is 25.1 Å².